The first-order valence-corrected chi connectivity index (χ1v) is 3.80. The highest BCUT2D eigenvalue weighted by molar-refractivity contribution is 4.76. The molecule has 80 valence electrons. The standard InChI is InChI=1S/C7H12F4O2/c8-6(9,1-3-12)5-7(10,11)2-4-13/h12-13H,1-5H2. The van der Waals surface area contributed by atoms with E-state index in [1.54, 1.807) is 0 Å². The Kier molecular flexibility index (Phi) is 4.63. The minimum absolute atomic E-state index is 0.831. The Labute approximate surface area is 73.2 Å². The summed E-state index contributed by atoms with van der Waals surface area (Å²) < 4.78 is 50.1. The smallest absolute Gasteiger partial charge is 0.256 e. The molecule has 0 heterocycles. The summed E-state index contributed by atoms with van der Waals surface area (Å²) in [6, 6.07) is 0. The van der Waals surface area contributed by atoms with E-state index in [1.807, 2.05) is 0 Å². The Morgan fingerprint density at radius 3 is 1.31 bits per heavy atom. The number of aliphatic hydroxyl groups excluding tert-OH is 2. The lowest BCUT2D eigenvalue weighted by atomic mass is 10.1. The maximum atomic E-state index is 12.5. The van der Waals surface area contributed by atoms with Gasteiger partial charge in [-0.2, -0.15) is 0 Å². The number of aliphatic hydroxyl groups is 2. The van der Waals surface area contributed by atoms with Gasteiger partial charge in [-0.3, -0.25) is 0 Å². The van der Waals surface area contributed by atoms with Crippen LogP contribution in [-0.4, -0.2) is 35.3 Å². The summed E-state index contributed by atoms with van der Waals surface area (Å²) in [5.41, 5.74) is 0. The first kappa shape index (κ1) is 12.6. The fourth-order valence-corrected chi connectivity index (χ4v) is 0.882. The van der Waals surface area contributed by atoms with E-state index >= 15 is 0 Å². The summed E-state index contributed by atoms with van der Waals surface area (Å²) in [6.45, 7) is -1.66. The van der Waals surface area contributed by atoms with E-state index in [0.717, 1.165) is 0 Å². The number of hydrogen-bond acceptors (Lipinski definition) is 2. The Morgan fingerprint density at radius 2 is 1.08 bits per heavy atom. The van der Waals surface area contributed by atoms with Crippen molar-refractivity contribution in [2.45, 2.75) is 31.1 Å². The van der Waals surface area contributed by atoms with E-state index in [4.69, 9.17) is 10.2 Å². The summed E-state index contributed by atoms with van der Waals surface area (Å²) in [6.07, 6.45) is -3.58. The predicted octanol–water partition coefficient (Wildman–Crippen LogP) is 1.41. The Bertz CT molecular complexity index is 133. The molecule has 0 fully saturated rings. The van der Waals surface area contributed by atoms with Crippen molar-refractivity contribution in [1.82, 2.24) is 0 Å². The lowest BCUT2D eigenvalue weighted by Crippen LogP contribution is -2.30. The van der Waals surface area contributed by atoms with Crippen LogP contribution in [0.4, 0.5) is 17.6 Å². The molecule has 0 saturated heterocycles. The predicted molar refractivity (Wildman–Crippen MR) is 37.9 cm³/mol. The van der Waals surface area contributed by atoms with Gasteiger partial charge < -0.3 is 10.2 Å². The van der Waals surface area contributed by atoms with E-state index in [9.17, 15) is 17.6 Å². The first-order valence-electron chi connectivity index (χ1n) is 3.80. The van der Waals surface area contributed by atoms with Crippen molar-refractivity contribution in [2.24, 2.45) is 0 Å². The van der Waals surface area contributed by atoms with E-state index in [1.165, 1.54) is 0 Å². The van der Waals surface area contributed by atoms with E-state index in [2.05, 4.69) is 0 Å². The van der Waals surface area contributed by atoms with Gasteiger partial charge in [0.15, 0.2) is 0 Å². The van der Waals surface area contributed by atoms with Crippen molar-refractivity contribution in [3.05, 3.63) is 0 Å². The molecular formula is C7H12F4O2. The maximum absolute atomic E-state index is 12.5. The molecule has 0 aromatic heterocycles. The lowest BCUT2D eigenvalue weighted by Gasteiger charge is -2.21. The highest BCUT2D eigenvalue weighted by Gasteiger charge is 2.42. The Balaban J connectivity index is 4.07. The monoisotopic (exact) mass is 204 g/mol. The van der Waals surface area contributed by atoms with Crippen LogP contribution in [-0.2, 0) is 0 Å². The van der Waals surface area contributed by atoms with Crippen molar-refractivity contribution in [1.29, 1.82) is 0 Å². The van der Waals surface area contributed by atoms with E-state index < -0.39 is 44.3 Å². The van der Waals surface area contributed by atoms with Gasteiger partial charge in [0.1, 0.15) is 0 Å². The highest BCUT2D eigenvalue weighted by Crippen LogP contribution is 2.34. The SMILES string of the molecule is OCCC(F)(F)CC(F)(F)CCO. The number of hydrogen-bond donors (Lipinski definition) is 2. The van der Waals surface area contributed by atoms with Gasteiger partial charge in [-0.25, -0.2) is 17.6 Å². The van der Waals surface area contributed by atoms with Gasteiger partial charge in [0.25, 0.3) is 11.8 Å². The molecule has 0 unspecified atom stereocenters. The van der Waals surface area contributed by atoms with Gasteiger partial charge in [0.2, 0.25) is 0 Å². The average Bonchev–Trinajstić information content (AvgIpc) is 1.82. The van der Waals surface area contributed by atoms with Gasteiger partial charge in [-0.05, 0) is 0 Å². The van der Waals surface area contributed by atoms with Crippen LogP contribution in [0.5, 0.6) is 0 Å². The Hall–Kier alpha value is -0.360. The van der Waals surface area contributed by atoms with Crippen LogP contribution in [0.15, 0.2) is 0 Å². The summed E-state index contributed by atoms with van der Waals surface area (Å²) in [5, 5.41) is 16.3. The van der Waals surface area contributed by atoms with E-state index in [-0.39, 0.29) is 0 Å². The minimum atomic E-state index is -3.58. The third-order valence-corrected chi connectivity index (χ3v) is 1.47. The van der Waals surface area contributed by atoms with Crippen molar-refractivity contribution in [2.75, 3.05) is 13.2 Å². The van der Waals surface area contributed by atoms with Crippen molar-refractivity contribution < 1.29 is 27.8 Å². The molecule has 0 aromatic carbocycles. The molecule has 0 rings (SSSR count). The second kappa shape index (κ2) is 4.76. The van der Waals surface area contributed by atoms with Gasteiger partial charge in [0, 0.05) is 26.1 Å². The molecule has 0 aliphatic carbocycles. The summed E-state index contributed by atoms with van der Waals surface area (Å²) in [4.78, 5) is 0. The van der Waals surface area contributed by atoms with Crippen LogP contribution in [0.25, 0.3) is 0 Å². The molecule has 0 bridgehead atoms. The van der Waals surface area contributed by atoms with Crippen LogP contribution >= 0.6 is 0 Å². The normalized spacial score (nSPS) is 13.4. The molecule has 2 N–H and O–H groups in total. The fourth-order valence-electron chi connectivity index (χ4n) is 0.882. The largest absolute Gasteiger partial charge is 0.396 e. The fraction of sp³-hybridized carbons (Fsp3) is 1.00. The zero-order valence-corrected chi connectivity index (χ0v) is 6.94. The van der Waals surface area contributed by atoms with Crippen LogP contribution < -0.4 is 0 Å². The molecule has 0 aliphatic rings. The Morgan fingerprint density at radius 1 is 0.769 bits per heavy atom. The molecule has 0 aliphatic heterocycles. The van der Waals surface area contributed by atoms with Gasteiger partial charge in [-0.15, -0.1) is 0 Å². The van der Waals surface area contributed by atoms with Crippen LogP contribution in [0.1, 0.15) is 19.3 Å². The summed E-state index contributed by atoms with van der Waals surface area (Å²) in [7, 11) is 0. The zero-order valence-electron chi connectivity index (χ0n) is 6.94. The topological polar surface area (TPSA) is 40.5 Å². The maximum Gasteiger partial charge on any atom is 0.256 e. The molecule has 0 radical (unpaired) electrons. The molecule has 6 heteroatoms. The molecule has 0 aromatic rings. The van der Waals surface area contributed by atoms with Crippen LogP contribution in [0.3, 0.4) is 0 Å². The third kappa shape index (κ3) is 5.81. The van der Waals surface area contributed by atoms with Crippen molar-refractivity contribution >= 4 is 0 Å². The van der Waals surface area contributed by atoms with E-state index in [0.29, 0.717) is 0 Å². The molecule has 0 spiro atoms. The van der Waals surface area contributed by atoms with Gasteiger partial charge >= 0.3 is 0 Å². The van der Waals surface area contributed by atoms with Crippen molar-refractivity contribution in [3.63, 3.8) is 0 Å². The molecule has 2 nitrogen and oxygen atoms in total. The second-order valence-corrected chi connectivity index (χ2v) is 2.84. The van der Waals surface area contributed by atoms with Gasteiger partial charge in [0.05, 0.1) is 6.42 Å². The average molecular weight is 204 g/mol. The molecule has 0 saturated carbocycles. The quantitative estimate of drug-likeness (QED) is 0.642. The van der Waals surface area contributed by atoms with Crippen LogP contribution in [0.2, 0.25) is 0 Å². The molecule has 13 heavy (non-hydrogen) atoms. The lowest BCUT2D eigenvalue weighted by molar-refractivity contribution is -0.125. The molecule has 0 atom stereocenters. The number of alkyl halides is 4. The minimum Gasteiger partial charge on any atom is -0.396 e. The number of halogens is 4. The molecule has 0 amide bonds. The molecular weight excluding hydrogens is 192 g/mol. The van der Waals surface area contributed by atoms with Crippen molar-refractivity contribution in [3.8, 4) is 0 Å². The third-order valence-electron chi connectivity index (χ3n) is 1.47. The summed E-state index contributed by atoms with van der Waals surface area (Å²) >= 11 is 0. The highest BCUT2D eigenvalue weighted by atomic mass is 19.3. The number of rotatable bonds is 6. The second-order valence-electron chi connectivity index (χ2n) is 2.84. The zero-order chi connectivity index (χ0) is 10.5. The van der Waals surface area contributed by atoms with Crippen LogP contribution in [0, 0.1) is 0 Å². The first-order chi connectivity index (χ1) is 5.83. The van der Waals surface area contributed by atoms with Gasteiger partial charge in [-0.1, -0.05) is 0 Å². The summed E-state index contributed by atoms with van der Waals surface area (Å²) in [5.74, 6) is -7.15.